The minimum absolute atomic E-state index is 0.0619. The van der Waals surface area contributed by atoms with Crippen LogP contribution in [0.3, 0.4) is 0 Å². The van der Waals surface area contributed by atoms with Crippen LogP contribution in [-0.2, 0) is 4.79 Å². The van der Waals surface area contributed by atoms with Gasteiger partial charge in [-0.15, -0.1) is 6.58 Å². The van der Waals surface area contributed by atoms with Gasteiger partial charge in [0.25, 0.3) is 0 Å². The van der Waals surface area contributed by atoms with E-state index in [4.69, 9.17) is 0 Å². The third kappa shape index (κ3) is 4.60. The van der Waals surface area contributed by atoms with Crippen LogP contribution in [0.15, 0.2) is 12.7 Å². The van der Waals surface area contributed by atoms with Crippen molar-refractivity contribution in [2.45, 2.75) is 33.1 Å². The average Bonchev–Trinajstić information content (AvgIpc) is 2.07. The molecular formula is C10H18OS. The normalized spacial score (nSPS) is 12.5. The van der Waals surface area contributed by atoms with E-state index in [1.165, 1.54) is 11.8 Å². The summed E-state index contributed by atoms with van der Waals surface area (Å²) >= 11 is 1.45. The van der Waals surface area contributed by atoms with Gasteiger partial charge < -0.3 is 0 Å². The molecule has 0 N–H and O–H groups in total. The summed E-state index contributed by atoms with van der Waals surface area (Å²) in [4.78, 5) is 11.4. The average molecular weight is 186 g/mol. The standard InChI is InChI=1S/C10H18OS/c1-4-7-8-12-10(11)9(5-2)6-3/h5,9H,2,4,6-8H2,1,3H3. The van der Waals surface area contributed by atoms with Gasteiger partial charge in [0.05, 0.1) is 0 Å². The van der Waals surface area contributed by atoms with Gasteiger partial charge >= 0.3 is 0 Å². The van der Waals surface area contributed by atoms with Crippen molar-refractivity contribution >= 4 is 16.9 Å². The van der Waals surface area contributed by atoms with Crippen LogP contribution in [0.4, 0.5) is 0 Å². The van der Waals surface area contributed by atoms with Crippen molar-refractivity contribution in [3.63, 3.8) is 0 Å². The number of carbonyl (C=O) groups is 1. The first-order valence-corrected chi connectivity index (χ1v) is 5.54. The van der Waals surface area contributed by atoms with E-state index in [9.17, 15) is 4.79 Å². The predicted octanol–water partition coefficient (Wildman–Crippen LogP) is 3.26. The molecule has 1 nitrogen and oxygen atoms in total. The van der Waals surface area contributed by atoms with E-state index in [1.807, 2.05) is 6.92 Å². The van der Waals surface area contributed by atoms with Crippen molar-refractivity contribution in [2.75, 3.05) is 5.75 Å². The summed E-state index contributed by atoms with van der Waals surface area (Å²) < 4.78 is 0. The molecule has 0 heterocycles. The summed E-state index contributed by atoms with van der Waals surface area (Å²) in [6.07, 6.45) is 4.91. The molecule has 0 aliphatic carbocycles. The van der Waals surface area contributed by atoms with Crippen molar-refractivity contribution in [1.29, 1.82) is 0 Å². The fourth-order valence-electron chi connectivity index (χ4n) is 0.854. The first kappa shape index (κ1) is 11.8. The number of hydrogen-bond acceptors (Lipinski definition) is 2. The number of rotatable bonds is 6. The molecule has 0 spiro atoms. The fourth-order valence-corrected chi connectivity index (χ4v) is 1.96. The molecule has 0 aliphatic rings. The Morgan fingerprint density at radius 3 is 2.67 bits per heavy atom. The van der Waals surface area contributed by atoms with Crippen LogP contribution in [0.1, 0.15) is 33.1 Å². The van der Waals surface area contributed by atoms with Crippen LogP contribution in [0.2, 0.25) is 0 Å². The highest BCUT2D eigenvalue weighted by Crippen LogP contribution is 2.16. The monoisotopic (exact) mass is 186 g/mol. The summed E-state index contributed by atoms with van der Waals surface area (Å²) in [7, 11) is 0. The Labute approximate surface area is 79.6 Å². The molecule has 0 fully saturated rings. The third-order valence-electron chi connectivity index (χ3n) is 1.77. The minimum atomic E-state index is 0.0619. The second-order valence-electron chi connectivity index (χ2n) is 2.77. The lowest BCUT2D eigenvalue weighted by atomic mass is 10.1. The van der Waals surface area contributed by atoms with Gasteiger partial charge in [0.2, 0.25) is 0 Å². The van der Waals surface area contributed by atoms with Gasteiger partial charge in [-0.1, -0.05) is 38.1 Å². The molecule has 70 valence electrons. The summed E-state index contributed by atoms with van der Waals surface area (Å²) in [5.74, 6) is 1.02. The largest absolute Gasteiger partial charge is 0.287 e. The number of carbonyl (C=O) groups excluding carboxylic acids is 1. The summed E-state index contributed by atoms with van der Waals surface area (Å²) in [5, 5.41) is 0.279. The van der Waals surface area contributed by atoms with Crippen LogP contribution in [0, 0.1) is 5.92 Å². The maximum absolute atomic E-state index is 11.4. The molecule has 0 bridgehead atoms. The zero-order chi connectivity index (χ0) is 9.40. The van der Waals surface area contributed by atoms with E-state index in [0.717, 1.165) is 25.0 Å². The van der Waals surface area contributed by atoms with Gasteiger partial charge in [0.1, 0.15) is 0 Å². The van der Waals surface area contributed by atoms with Gasteiger partial charge in [0, 0.05) is 11.7 Å². The molecule has 0 aromatic rings. The molecule has 0 amide bonds. The van der Waals surface area contributed by atoms with Gasteiger partial charge in [0.15, 0.2) is 5.12 Å². The van der Waals surface area contributed by atoms with Crippen LogP contribution < -0.4 is 0 Å². The number of hydrogen-bond donors (Lipinski definition) is 0. The fraction of sp³-hybridized carbons (Fsp3) is 0.700. The zero-order valence-electron chi connectivity index (χ0n) is 8.01. The Balaban J connectivity index is 3.62. The smallest absolute Gasteiger partial charge is 0.195 e. The molecule has 12 heavy (non-hydrogen) atoms. The van der Waals surface area contributed by atoms with Crippen LogP contribution in [0.5, 0.6) is 0 Å². The Kier molecular flexibility index (Phi) is 7.26. The number of unbranched alkanes of at least 4 members (excludes halogenated alkanes) is 1. The van der Waals surface area contributed by atoms with Gasteiger partial charge in [-0.2, -0.15) is 0 Å². The predicted molar refractivity (Wildman–Crippen MR) is 56.4 cm³/mol. The number of allylic oxidation sites excluding steroid dienone is 1. The summed E-state index contributed by atoms with van der Waals surface area (Å²) in [5.41, 5.74) is 0. The lowest BCUT2D eigenvalue weighted by molar-refractivity contribution is -0.113. The van der Waals surface area contributed by atoms with E-state index in [0.29, 0.717) is 0 Å². The molecule has 1 atom stereocenters. The second kappa shape index (κ2) is 7.41. The SMILES string of the molecule is C=CC(CC)C(=O)SCCCC. The van der Waals surface area contributed by atoms with Gasteiger partial charge in [-0.25, -0.2) is 0 Å². The highest BCUT2D eigenvalue weighted by atomic mass is 32.2. The van der Waals surface area contributed by atoms with E-state index >= 15 is 0 Å². The quantitative estimate of drug-likeness (QED) is 0.468. The van der Waals surface area contributed by atoms with Crippen LogP contribution >= 0.6 is 11.8 Å². The lowest BCUT2D eigenvalue weighted by Crippen LogP contribution is -2.06. The van der Waals surface area contributed by atoms with E-state index < -0.39 is 0 Å². The Morgan fingerprint density at radius 1 is 1.58 bits per heavy atom. The van der Waals surface area contributed by atoms with Crippen molar-refractivity contribution in [2.24, 2.45) is 5.92 Å². The van der Waals surface area contributed by atoms with E-state index in [-0.39, 0.29) is 11.0 Å². The minimum Gasteiger partial charge on any atom is -0.287 e. The molecule has 0 radical (unpaired) electrons. The molecule has 0 rings (SSSR count). The van der Waals surface area contributed by atoms with Crippen molar-refractivity contribution in [3.05, 3.63) is 12.7 Å². The second-order valence-corrected chi connectivity index (χ2v) is 3.87. The van der Waals surface area contributed by atoms with Crippen LogP contribution in [-0.4, -0.2) is 10.9 Å². The first-order valence-electron chi connectivity index (χ1n) is 4.55. The molecule has 0 aromatic carbocycles. The van der Waals surface area contributed by atoms with Crippen LogP contribution in [0.25, 0.3) is 0 Å². The maximum Gasteiger partial charge on any atom is 0.195 e. The van der Waals surface area contributed by atoms with Crippen molar-refractivity contribution in [3.8, 4) is 0 Å². The highest BCUT2D eigenvalue weighted by molar-refractivity contribution is 8.13. The third-order valence-corrected chi connectivity index (χ3v) is 2.85. The summed E-state index contributed by atoms with van der Waals surface area (Å²) in [6, 6.07) is 0. The van der Waals surface area contributed by atoms with Gasteiger partial charge in [-0.05, 0) is 12.8 Å². The molecule has 1 unspecified atom stereocenters. The highest BCUT2D eigenvalue weighted by Gasteiger charge is 2.11. The van der Waals surface area contributed by atoms with Gasteiger partial charge in [-0.3, -0.25) is 4.79 Å². The molecule has 2 heteroatoms. The van der Waals surface area contributed by atoms with E-state index in [1.54, 1.807) is 6.08 Å². The summed E-state index contributed by atoms with van der Waals surface area (Å²) in [6.45, 7) is 7.80. The van der Waals surface area contributed by atoms with Crippen molar-refractivity contribution in [1.82, 2.24) is 0 Å². The van der Waals surface area contributed by atoms with E-state index in [2.05, 4.69) is 13.5 Å². The number of thioether (sulfide) groups is 1. The van der Waals surface area contributed by atoms with Crippen molar-refractivity contribution < 1.29 is 4.79 Å². The molecular weight excluding hydrogens is 168 g/mol. The first-order chi connectivity index (χ1) is 5.76. The Bertz CT molecular complexity index is 143. The topological polar surface area (TPSA) is 17.1 Å². The molecule has 0 saturated heterocycles. The Hall–Kier alpha value is -0.240. The molecule has 0 aliphatic heterocycles. The zero-order valence-corrected chi connectivity index (χ0v) is 8.82. The molecule has 0 saturated carbocycles. The Morgan fingerprint density at radius 2 is 2.25 bits per heavy atom. The maximum atomic E-state index is 11.4. The molecule has 0 aromatic heterocycles. The lowest BCUT2D eigenvalue weighted by Gasteiger charge is -2.06.